The van der Waals surface area contributed by atoms with E-state index < -0.39 is 0 Å². The van der Waals surface area contributed by atoms with Crippen LogP contribution in [-0.4, -0.2) is 17.1 Å². The number of rotatable bonds is 3. The average molecular weight is 331 g/mol. The first-order chi connectivity index (χ1) is 12.2. The molecule has 128 valence electrons. The molecule has 0 amide bonds. The molecule has 2 aromatic carbocycles. The van der Waals surface area contributed by atoms with Gasteiger partial charge in [0.05, 0.1) is 5.52 Å². The van der Waals surface area contributed by atoms with Crippen LogP contribution in [0.3, 0.4) is 0 Å². The summed E-state index contributed by atoms with van der Waals surface area (Å²) in [6.45, 7) is 2.17. The number of anilines is 2. The number of aromatic nitrogens is 1. The maximum Gasteiger partial charge on any atom is 0.134 e. The molecule has 0 saturated heterocycles. The summed E-state index contributed by atoms with van der Waals surface area (Å²) < 4.78 is 0. The van der Waals surface area contributed by atoms with E-state index in [1.807, 2.05) is 0 Å². The number of aryl methyl sites for hydroxylation is 1. The molecule has 1 saturated carbocycles. The second-order valence-corrected chi connectivity index (χ2v) is 7.09. The van der Waals surface area contributed by atoms with E-state index in [-0.39, 0.29) is 0 Å². The van der Waals surface area contributed by atoms with Crippen LogP contribution < -0.4 is 10.6 Å². The Balaban J connectivity index is 1.80. The SMILES string of the molecule is Cc1cc(N(c2ccccc2)C2CCC(N)CC2)nc2ccccc12. The van der Waals surface area contributed by atoms with E-state index in [1.165, 1.54) is 16.6 Å². The van der Waals surface area contributed by atoms with E-state index in [2.05, 4.69) is 72.5 Å². The Morgan fingerprint density at radius 1 is 0.920 bits per heavy atom. The third kappa shape index (κ3) is 3.24. The van der Waals surface area contributed by atoms with E-state index in [0.29, 0.717) is 12.1 Å². The molecule has 2 N–H and O–H groups in total. The molecule has 1 heterocycles. The van der Waals surface area contributed by atoms with Crippen LogP contribution in [0.15, 0.2) is 60.7 Å². The van der Waals surface area contributed by atoms with Crippen LogP contribution in [0, 0.1) is 6.92 Å². The van der Waals surface area contributed by atoms with Gasteiger partial charge >= 0.3 is 0 Å². The maximum atomic E-state index is 6.14. The van der Waals surface area contributed by atoms with Gasteiger partial charge < -0.3 is 10.6 Å². The lowest BCUT2D eigenvalue weighted by atomic mass is 9.90. The Kier molecular flexibility index (Phi) is 4.41. The van der Waals surface area contributed by atoms with Gasteiger partial charge in [0, 0.05) is 23.2 Å². The molecule has 0 aliphatic heterocycles. The first kappa shape index (κ1) is 16.1. The van der Waals surface area contributed by atoms with Gasteiger partial charge in [-0.1, -0.05) is 36.4 Å². The molecule has 0 unspecified atom stereocenters. The van der Waals surface area contributed by atoms with Gasteiger partial charge in [0.25, 0.3) is 0 Å². The van der Waals surface area contributed by atoms with Gasteiger partial charge in [0.2, 0.25) is 0 Å². The summed E-state index contributed by atoms with van der Waals surface area (Å²) in [5, 5.41) is 1.23. The van der Waals surface area contributed by atoms with Crippen molar-refractivity contribution in [1.29, 1.82) is 0 Å². The van der Waals surface area contributed by atoms with Gasteiger partial charge in [0.1, 0.15) is 5.82 Å². The normalized spacial score (nSPS) is 20.6. The van der Waals surface area contributed by atoms with E-state index in [1.54, 1.807) is 0 Å². The predicted octanol–water partition coefficient (Wildman–Crippen LogP) is 4.95. The van der Waals surface area contributed by atoms with Crippen LogP contribution >= 0.6 is 0 Å². The van der Waals surface area contributed by atoms with Crippen molar-refractivity contribution in [2.24, 2.45) is 5.73 Å². The smallest absolute Gasteiger partial charge is 0.134 e. The van der Waals surface area contributed by atoms with Crippen LogP contribution in [0.5, 0.6) is 0 Å². The molecule has 3 heteroatoms. The van der Waals surface area contributed by atoms with Gasteiger partial charge in [-0.15, -0.1) is 0 Å². The molecule has 1 aliphatic carbocycles. The van der Waals surface area contributed by atoms with Crippen LogP contribution in [-0.2, 0) is 0 Å². The number of para-hydroxylation sites is 2. The lowest BCUT2D eigenvalue weighted by Crippen LogP contribution is -2.38. The highest BCUT2D eigenvalue weighted by molar-refractivity contribution is 5.84. The fourth-order valence-corrected chi connectivity index (χ4v) is 3.93. The fraction of sp³-hybridized carbons (Fsp3) is 0.318. The van der Waals surface area contributed by atoms with Crippen LogP contribution in [0.2, 0.25) is 0 Å². The Bertz CT molecular complexity index is 852. The third-order valence-electron chi connectivity index (χ3n) is 5.30. The predicted molar refractivity (Wildman–Crippen MR) is 105 cm³/mol. The number of hydrogen-bond donors (Lipinski definition) is 1. The van der Waals surface area contributed by atoms with Crippen molar-refractivity contribution in [1.82, 2.24) is 4.98 Å². The molecule has 25 heavy (non-hydrogen) atoms. The van der Waals surface area contributed by atoms with Crippen LogP contribution in [0.1, 0.15) is 31.2 Å². The third-order valence-corrected chi connectivity index (χ3v) is 5.30. The number of benzene rings is 2. The Morgan fingerprint density at radius 2 is 1.60 bits per heavy atom. The van der Waals surface area contributed by atoms with Gasteiger partial charge in [-0.3, -0.25) is 0 Å². The number of nitrogens with zero attached hydrogens (tertiary/aromatic N) is 2. The zero-order valence-corrected chi connectivity index (χ0v) is 14.7. The lowest BCUT2D eigenvalue weighted by Gasteiger charge is -2.37. The minimum Gasteiger partial charge on any atom is -0.328 e. The van der Waals surface area contributed by atoms with Crippen molar-refractivity contribution in [2.75, 3.05) is 4.90 Å². The molecule has 0 spiro atoms. The summed E-state index contributed by atoms with van der Waals surface area (Å²) in [5.41, 5.74) is 9.69. The molecule has 1 aliphatic rings. The molecule has 4 rings (SSSR count). The number of nitrogens with two attached hydrogens (primary N) is 1. The summed E-state index contributed by atoms with van der Waals surface area (Å²) in [7, 11) is 0. The standard InChI is InChI=1S/C22H25N3/c1-16-15-22(24-21-10-6-5-9-20(16)21)25(18-7-3-2-4-8-18)19-13-11-17(23)12-14-19/h2-10,15,17,19H,11-14,23H2,1H3. The first-order valence-electron chi connectivity index (χ1n) is 9.18. The highest BCUT2D eigenvalue weighted by Crippen LogP contribution is 2.34. The summed E-state index contributed by atoms with van der Waals surface area (Å²) in [6, 6.07) is 22.0. The second-order valence-electron chi connectivity index (χ2n) is 7.09. The largest absolute Gasteiger partial charge is 0.328 e. The van der Waals surface area contributed by atoms with E-state index in [0.717, 1.165) is 37.0 Å². The van der Waals surface area contributed by atoms with Crippen molar-refractivity contribution in [2.45, 2.75) is 44.7 Å². The van der Waals surface area contributed by atoms with Crippen molar-refractivity contribution >= 4 is 22.4 Å². The molecule has 3 aromatic rings. The minimum atomic E-state index is 0.347. The van der Waals surface area contributed by atoms with Crippen molar-refractivity contribution in [3.05, 3.63) is 66.2 Å². The van der Waals surface area contributed by atoms with E-state index >= 15 is 0 Å². The highest BCUT2D eigenvalue weighted by atomic mass is 15.2. The molecule has 0 bridgehead atoms. The molecule has 1 fully saturated rings. The number of fused-ring (bicyclic) bond motifs is 1. The van der Waals surface area contributed by atoms with Gasteiger partial charge in [-0.2, -0.15) is 0 Å². The van der Waals surface area contributed by atoms with Gasteiger partial charge in [-0.05, 0) is 62.4 Å². The molecule has 0 atom stereocenters. The molecule has 1 aromatic heterocycles. The van der Waals surface area contributed by atoms with E-state index in [4.69, 9.17) is 10.7 Å². The zero-order chi connectivity index (χ0) is 17.2. The van der Waals surface area contributed by atoms with Crippen LogP contribution in [0.25, 0.3) is 10.9 Å². The lowest BCUT2D eigenvalue weighted by molar-refractivity contribution is 0.390. The summed E-state index contributed by atoms with van der Waals surface area (Å²) >= 11 is 0. The Labute approximate surface area is 149 Å². The summed E-state index contributed by atoms with van der Waals surface area (Å²) in [6.07, 6.45) is 4.40. The van der Waals surface area contributed by atoms with E-state index in [9.17, 15) is 0 Å². The Hall–Kier alpha value is -2.39. The second kappa shape index (κ2) is 6.85. The Morgan fingerprint density at radius 3 is 2.36 bits per heavy atom. The molecular formula is C22H25N3. The highest BCUT2D eigenvalue weighted by Gasteiger charge is 2.26. The maximum absolute atomic E-state index is 6.14. The van der Waals surface area contributed by atoms with Crippen molar-refractivity contribution < 1.29 is 0 Å². The van der Waals surface area contributed by atoms with Crippen molar-refractivity contribution in [3.8, 4) is 0 Å². The van der Waals surface area contributed by atoms with Crippen LogP contribution in [0.4, 0.5) is 11.5 Å². The zero-order valence-electron chi connectivity index (χ0n) is 14.7. The molecular weight excluding hydrogens is 306 g/mol. The fourth-order valence-electron chi connectivity index (χ4n) is 3.93. The van der Waals surface area contributed by atoms with Crippen molar-refractivity contribution in [3.63, 3.8) is 0 Å². The summed E-state index contributed by atoms with van der Waals surface area (Å²) in [4.78, 5) is 7.42. The summed E-state index contributed by atoms with van der Waals surface area (Å²) in [5.74, 6) is 1.04. The number of pyridine rings is 1. The van der Waals surface area contributed by atoms with Gasteiger partial charge in [0.15, 0.2) is 0 Å². The number of hydrogen-bond acceptors (Lipinski definition) is 3. The van der Waals surface area contributed by atoms with Gasteiger partial charge in [-0.25, -0.2) is 4.98 Å². The molecule has 0 radical (unpaired) electrons. The quantitative estimate of drug-likeness (QED) is 0.738. The monoisotopic (exact) mass is 331 g/mol. The average Bonchev–Trinajstić information content (AvgIpc) is 2.65. The first-order valence-corrected chi connectivity index (χ1v) is 9.18. The minimum absolute atomic E-state index is 0.347. The molecule has 3 nitrogen and oxygen atoms in total. The topological polar surface area (TPSA) is 42.1 Å².